The number of rotatable bonds is 5. The smallest absolute Gasteiger partial charge is 0.404 e. The van der Waals surface area contributed by atoms with E-state index in [1.165, 1.54) is 0 Å². The lowest BCUT2D eigenvalue weighted by Crippen LogP contribution is -2.36. The van der Waals surface area contributed by atoms with E-state index in [0.717, 1.165) is 6.54 Å². The van der Waals surface area contributed by atoms with Gasteiger partial charge in [0.1, 0.15) is 6.10 Å². The summed E-state index contributed by atoms with van der Waals surface area (Å²) in [7, 11) is 1.87. The minimum Gasteiger partial charge on any atom is -0.443 e. The zero-order valence-corrected chi connectivity index (χ0v) is 7.49. The van der Waals surface area contributed by atoms with Gasteiger partial charge < -0.3 is 20.5 Å². The van der Waals surface area contributed by atoms with Crippen molar-refractivity contribution in [3.05, 3.63) is 0 Å². The molecule has 0 bridgehead atoms. The molecule has 1 atom stereocenters. The second-order valence-corrected chi connectivity index (χ2v) is 2.60. The van der Waals surface area contributed by atoms with Crippen molar-refractivity contribution in [3.8, 4) is 0 Å². The number of hydrogen-bond donors (Lipinski definition) is 2. The highest BCUT2D eigenvalue weighted by Gasteiger charge is 2.12. The van der Waals surface area contributed by atoms with E-state index in [-0.39, 0.29) is 6.61 Å². The van der Waals surface area contributed by atoms with Crippen molar-refractivity contribution >= 4 is 6.09 Å². The van der Waals surface area contributed by atoms with Crippen LogP contribution in [0.25, 0.3) is 0 Å². The van der Waals surface area contributed by atoms with E-state index in [1.54, 1.807) is 0 Å². The van der Waals surface area contributed by atoms with Crippen molar-refractivity contribution in [2.75, 3.05) is 26.7 Å². The van der Waals surface area contributed by atoms with Crippen LogP contribution in [-0.2, 0) is 4.74 Å². The summed E-state index contributed by atoms with van der Waals surface area (Å²) in [6.07, 6.45) is -1.37. The summed E-state index contributed by atoms with van der Waals surface area (Å²) in [5, 5.41) is 8.76. The van der Waals surface area contributed by atoms with Gasteiger partial charge >= 0.3 is 6.09 Å². The Morgan fingerprint density at radius 2 is 2.33 bits per heavy atom. The number of primary amides is 1. The molecule has 0 aliphatic carbocycles. The van der Waals surface area contributed by atoms with Crippen LogP contribution >= 0.6 is 0 Å². The highest BCUT2D eigenvalue weighted by molar-refractivity contribution is 5.64. The summed E-state index contributed by atoms with van der Waals surface area (Å²) in [6, 6.07) is 0. The summed E-state index contributed by atoms with van der Waals surface area (Å²) in [4.78, 5) is 12.2. The molecular weight excluding hydrogens is 160 g/mol. The third-order valence-corrected chi connectivity index (χ3v) is 1.54. The molecule has 0 aromatic carbocycles. The van der Waals surface area contributed by atoms with E-state index in [9.17, 15) is 4.79 Å². The van der Waals surface area contributed by atoms with Crippen LogP contribution in [0.2, 0.25) is 0 Å². The van der Waals surface area contributed by atoms with Crippen LogP contribution in [0, 0.1) is 0 Å². The van der Waals surface area contributed by atoms with Gasteiger partial charge in [0.05, 0.1) is 6.61 Å². The van der Waals surface area contributed by atoms with Gasteiger partial charge in [-0.1, -0.05) is 6.92 Å². The molecule has 0 spiro atoms. The number of nitrogens with two attached hydrogens (primary N) is 1. The van der Waals surface area contributed by atoms with Gasteiger partial charge in [-0.2, -0.15) is 0 Å². The largest absolute Gasteiger partial charge is 0.443 e. The van der Waals surface area contributed by atoms with Crippen LogP contribution in [0.3, 0.4) is 0 Å². The highest BCUT2D eigenvalue weighted by atomic mass is 16.6. The molecule has 12 heavy (non-hydrogen) atoms. The topological polar surface area (TPSA) is 75.8 Å². The van der Waals surface area contributed by atoms with E-state index in [4.69, 9.17) is 10.8 Å². The van der Waals surface area contributed by atoms with Crippen LogP contribution in [0.4, 0.5) is 4.79 Å². The third-order valence-electron chi connectivity index (χ3n) is 1.54. The minimum atomic E-state index is -0.849. The van der Waals surface area contributed by atoms with E-state index in [2.05, 4.69) is 4.74 Å². The second-order valence-electron chi connectivity index (χ2n) is 2.60. The summed E-state index contributed by atoms with van der Waals surface area (Å²) in [5.74, 6) is 0. The molecule has 0 aliphatic rings. The molecule has 0 aliphatic heterocycles. The number of nitrogens with zero attached hydrogens (tertiary/aromatic N) is 1. The van der Waals surface area contributed by atoms with Crippen molar-refractivity contribution < 1.29 is 14.6 Å². The monoisotopic (exact) mass is 176 g/mol. The van der Waals surface area contributed by atoms with Gasteiger partial charge in [0, 0.05) is 6.54 Å². The number of carbonyl (C=O) groups is 1. The molecule has 0 saturated carbocycles. The number of aliphatic hydroxyl groups is 1. The van der Waals surface area contributed by atoms with Gasteiger partial charge in [-0.25, -0.2) is 4.79 Å². The normalized spacial score (nSPS) is 13.0. The molecule has 0 saturated heterocycles. The number of likely N-dealkylation sites (N-methyl/N-ethyl adjacent to an activating group) is 1. The number of amides is 1. The molecular formula is C7H16N2O3. The first-order chi connectivity index (χ1) is 5.60. The molecule has 0 radical (unpaired) electrons. The molecule has 0 fully saturated rings. The Morgan fingerprint density at radius 1 is 1.75 bits per heavy atom. The van der Waals surface area contributed by atoms with E-state index in [0.29, 0.717) is 6.54 Å². The van der Waals surface area contributed by atoms with Gasteiger partial charge in [0.15, 0.2) is 0 Å². The Labute approximate surface area is 72.1 Å². The quantitative estimate of drug-likeness (QED) is 0.586. The van der Waals surface area contributed by atoms with Gasteiger partial charge in [-0.15, -0.1) is 0 Å². The number of ether oxygens (including phenoxy) is 1. The molecule has 3 N–H and O–H groups in total. The predicted octanol–water partition coefficient (Wildman–Crippen LogP) is -0.606. The first-order valence-electron chi connectivity index (χ1n) is 3.85. The Balaban J connectivity index is 3.74. The summed E-state index contributed by atoms with van der Waals surface area (Å²) >= 11 is 0. The van der Waals surface area contributed by atoms with Crippen LogP contribution in [0.1, 0.15) is 6.92 Å². The number of carbonyl (C=O) groups excluding carboxylic acids is 1. The van der Waals surface area contributed by atoms with Crippen molar-refractivity contribution in [1.29, 1.82) is 0 Å². The lowest BCUT2D eigenvalue weighted by Gasteiger charge is -2.20. The fraction of sp³-hybridized carbons (Fsp3) is 0.857. The number of aliphatic hydroxyl groups excluding tert-OH is 1. The van der Waals surface area contributed by atoms with Crippen LogP contribution < -0.4 is 5.73 Å². The molecule has 0 aromatic heterocycles. The lowest BCUT2D eigenvalue weighted by atomic mass is 10.3. The minimum absolute atomic E-state index is 0.201. The first-order valence-corrected chi connectivity index (χ1v) is 3.85. The molecule has 1 unspecified atom stereocenters. The fourth-order valence-corrected chi connectivity index (χ4v) is 0.773. The summed E-state index contributed by atoms with van der Waals surface area (Å²) in [5.41, 5.74) is 4.80. The van der Waals surface area contributed by atoms with Crippen molar-refractivity contribution in [2.24, 2.45) is 5.73 Å². The average molecular weight is 176 g/mol. The van der Waals surface area contributed by atoms with Crippen LogP contribution in [0.15, 0.2) is 0 Å². The van der Waals surface area contributed by atoms with Gasteiger partial charge in [-0.3, -0.25) is 0 Å². The fourth-order valence-electron chi connectivity index (χ4n) is 0.773. The lowest BCUT2D eigenvalue weighted by molar-refractivity contribution is 0.0446. The van der Waals surface area contributed by atoms with Crippen LogP contribution in [-0.4, -0.2) is 48.9 Å². The summed E-state index contributed by atoms with van der Waals surface area (Å²) < 4.78 is 4.62. The number of hydrogen-bond acceptors (Lipinski definition) is 4. The van der Waals surface area contributed by atoms with Gasteiger partial charge in [0.2, 0.25) is 0 Å². The second kappa shape index (κ2) is 5.79. The zero-order valence-electron chi connectivity index (χ0n) is 7.49. The molecule has 0 rings (SSSR count). The van der Waals surface area contributed by atoms with Crippen molar-refractivity contribution in [3.63, 3.8) is 0 Å². The Hall–Kier alpha value is -0.810. The van der Waals surface area contributed by atoms with Crippen LogP contribution in [0.5, 0.6) is 0 Å². The molecule has 5 heteroatoms. The predicted molar refractivity (Wildman–Crippen MR) is 44.7 cm³/mol. The molecule has 0 heterocycles. The standard InChI is InChI=1S/C7H16N2O3/c1-3-9(2)4-6(5-10)12-7(8)11/h6,10H,3-5H2,1-2H3,(H2,8,11). The van der Waals surface area contributed by atoms with E-state index in [1.807, 2.05) is 18.9 Å². The van der Waals surface area contributed by atoms with Crippen molar-refractivity contribution in [1.82, 2.24) is 4.90 Å². The Morgan fingerprint density at radius 3 is 2.67 bits per heavy atom. The maximum absolute atomic E-state index is 10.3. The van der Waals surface area contributed by atoms with Crippen molar-refractivity contribution in [2.45, 2.75) is 13.0 Å². The SMILES string of the molecule is CCN(C)CC(CO)OC(N)=O. The highest BCUT2D eigenvalue weighted by Crippen LogP contribution is 1.94. The maximum Gasteiger partial charge on any atom is 0.404 e. The molecule has 72 valence electrons. The maximum atomic E-state index is 10.3. The molecule has 1 amide bonds. The molecule has 0 aromatic rings. The average Bonchev–Trinajstić information content (AvgIpc) is 2.02. The Kier molecular flexibility index (Phi) is 5.40. The summed E-state index contributed by atoms with van der Waals surface area (Å²) in [6.45, 7) is 3.10. The van der Waals surface area contributed by atoms with E-state index >= 15 is 0 Å². The van der Waals surface area contributed by atoms with Gasteiger partial charge in [0.25, 0.3) is 0 Å². The van der Waals surface area contributed by atoms with Gasteiger partial charge in [-0.05, 0) is 13.6 Å². The third kappa shape index (κ3) is 4.92. The van der Waals surface area contributed by atoms with E-state index < -0.39 is 12.2 Å². The zero-order chi connectivity index (χ0) is 9.56. The first kappa shape index (κ1) is 11.2. The Bertz CT molecular complexity index is 141. The molecule has 5 nitrogen and oxygen atoms in total.